The highest BCUT2D eigenvalue weighted by Crippen LogP contribution is 2.46. The van der Waals surface area contributed by atoms with E-state index in [1.54, 1.807) is 13.4 Å². The number of rotatable bonds is 2. The highest BCUT2D eigenvalue weighted by atomic mass is 16.5. The summed E-state index contributed by atoms with van der Waals surface area (Å²) in [7, 11) is 1.75. The highest BCUT2D eigenvalue weighted by Gasteiger charge is 2.43. The van der Waals surface area contributed by atoms with Crippen LogP contribution in [0.4, 0.5) is 5.82 Å². The highest BCUT2D eigenvalue weighted by molar-refractivity contribution is 5.87. The lowest BCUT2D eigenvalue weighted by Gasteiger charge is -2.45. The van der Waals surface area contributed by atoms with Crippen LogP contribution < -0.4 is 9.64 Å². The Morgan fingerprint density at radius 2 is 2.08 bits per heavy atom. The first-order valence-corrected chi connectivity index (χ1v) is 9.14. The summed E-state index contributed by atoms with van der Waals surface area (Å²) in [6.45, 7) is 2.57. The molecule has 2 aliphatic rings. The molecule has 1 spiro atoms. The first-order chi connectivity index (χ1) is 12.8. The number of H-pyrrole nitrogens is 1. The normalized spacial score (nSPS) is 18.9. The number of anilines is 1. The second kappa shape index (κ2) is 5.99. The van der Waals surface area contributed by atoms with Crippen molar-refractivity contribution < 1.29 is 9.47 Å². The summed E-state index contributed by atoms with van der Waals surface area (Å²) >= 11 is 0. The van der Waals surface area contributed by atoms with E-state index in [2.05, 4.69) is 38.1 Å². The molecule has 5 rings (SSSR count). The van der Waals surface area contributed by atoms with Gasteiger partial charge in [0.15, 0.2) is 0 Å². The van der Waals surface area contributed by atoms with Gasteiger partial charge in [0.05, 0.1) is 19.1 Å². The monoisotopic (exact) mass is 350 g/mol. The lowest BCUT2D eigenvalue weighted by atomic mass is 9.78. The molecule has 6 heteroatoms. The molecular formula is C20H22N4O2. The first-order valence-electron chi connectivity index (χ1n) is 9.14. The van der Waals surface area contributed by atoms with Gasteiger partial charge >= 0.3 is 0 Å². The molecule has 0 atom stereocenters. The molecule has 0 unspecified atom stereocenters. The smallest absolute Gasteiger partial charge is 0.142 e. The van der Waals surface area contributed by atoms with Crippen LogP contribution in [0.15, 0.2) is 36.8 Å². The van der Waals surface area contributed by atoms with Gasteiger partial charge in [-0.2, -0.15) is 0 Å². The van der Waals surface area contributed by atoms with E-state index in [4.69, 9.17) is 9.47 Å². The zero-order valence-electron chi connectivity index (χ0n) is 14.9. The van der Waals surface area contributed by atoms with Crippen molar-refractivity contribution in [3.8, 4) is 5.75 Å². The van der Waals surface area contributed by atoms with Crippen LogP contribution in [0.3, 0.4) is 0 Å². The molecular weight excluding hydrogens is 328 g/mol. The molecule has 3 aromatic rings. The van der Waals surface area contributed by atoms with Gasteiger partial charge in [-0.3, -0.25) is 0 Å². The maximum atomic E-state index is 6.39. The van der Waals surface area contributed by atoms with Gasteiger partial charge in [0.25, 0.3) is 0 Å². The fourth-order valence-electron chi connectivity index (χ4n) is 4.49. The number of ether oxygens (including phenoxy) is 2. The number of aromatic amines is 1. The Bertz CT molecular complexity index is 930. The van der Waals surface area contributed by atoms with Crippen molar-refractivity contribution in [2.75, 3.05) is 31.7 Å². The van der Waals surface area contributed by atoms with Crippen LogP contribution in [0.25, 0.3) is 11.0 Å². The van der Waals surface area contributed by atoms with E-state index in [-0.39, 0.29) is 5.60 Å². The lowest BCUT2D eigenvalue weighted by molar-refractivity contribution is -0.0780. The minimum absolute atomic E-state index is 0.249. The van der Waals surface area contributed by atoms with Gasteiger partial charge in [-0.05, 0) is 37.0 Å². The van der Waals surface area contributed by atoms with E-state index >= 15 is 0 Å². The summed E-state index contributed by atoms with van der Waals surface area (Å²) in [4.78, 5) is 14.3. The average molecular weight is 350 g/mol. The van der Waals surface area contributed by atoms with Gasteiger partial charge in [-0.15, -0.1) is 0 Å². The quantitative estimate of drug-likeness (QED) is 0.770. The van der Waals surface area contributed by atoms with Gasteiger partial charge in [0, 0.05) is 24.8 Å². The van der Waals surface area contributed by atoms with Crippen molar-refractivity contribution in [3.05, 3.63) is 47.9 Å². The maximum absolute atomic E-state index is 6.39. The second-order valence-corrected chi connectivity index (χ2v) is 7.01. The van der Waals surface area contributed by atoms with Crippen LogP contribution in [0.5, 0.6) is 5.75 Å². The zero-order chi connectivity index (χ0) is 17.6. The number of benzene rings is 1. The maximum Gasteiger partial charge on any atom is 0.142 e. The van der Waals surface area contributed by atoms with E-state index in [1.165, 1.54) is 11.1 Å². The Labute approximate surface area is 152 Å². The molecule has 26 heavy (non-hydrogen) atoms. The third kappa shape index (κ3) is 2.29. The van der Waals surface area contributed by atoms with Crippen molar-refractivity contribution in [3.63, 3.8) is 0 Å². The molecule has 1 fully saturated rings. The Balaban J connectivity index is 1.47. The van der Waals surface area contributed by atoms with E-state index in [9.17, 15) is 0 Å². The Morgan fingerprint density at radius 1 is 1.19 bits per heavy atom. The van der Waals surface area contributed by atoms with Gasteiger partial charge < -0.3 is 19.4 Å². The molecule has 0 amide bonds. The third-order valence-electron chi connectivity index (χ3n) is 5.74. The van der Waals surface area contributed by atoms with Crippen molar-refractivity contribution in [2.24, 2.45) is 0 Å². The molecule has 0 aliphatic carbocycles. The fourth-order valence-corrected chi connectivity index (χ4v) is 4.49. The molecule has 2 aromatic heterocycles. The predicted molar refractivity (Wildman–Crippen MR) is 99.7 cm³/mol. The Kier molecular flexibility index (Phi) is 3.60. The number of nitrogens with one attached hydrogen (secondary N) is 1. The van der Waals surface area contributed by atoms with Crippen LogP contribution in [-0.4, -0.2) is 41.8 Å². The Hall–Kier alpha value is -2.60. The van der Waals surface area contributed by atoms with Crippen LogP contribution in [0.1, 0.15) is 24.0 Å². The number of hydrogen-bond donors (Lipinski definition) is 1. The van der Waals surface area contributed by atoms with E-state index < -0.39 is 0 Å². The molecule has 2 aliphatic heterocycles. The van der Waals surface area contributed by atoms with Crippen molar-refractivity contribution in [1.29, 1.82) is 0 Å². The molecule has 1 N–H and O–H groups in total. The van der Waals surface area contributed by atoms with E-state index in [1.807, 2.05) is 12.3 Å². The SMILES string of the molecule is COc1cccc2c1C1(CCN(c3ncnc4[nH]ccc34)CC1)OCC2. The zero-order valence-corrected chi connectivity index (χ0v) is 14.9. The number of fused-ring (bicyclic) bond motifs is 3. The third-order valence-corrected chi connectivity index (χ3v) is 5.74. The van der Waals surface area contributed by atoms with Crippen molar-refractivity contribution in [1.82, 2.24) is 15.0 Å². The molecule has 6 nitrogen and oxygen atoms in total. The summed E-state index contributed by atoms with van der Waals surface area (Å²) < 4.78 is 12.1. The van der Waals surface area contributed by atoms with Crippen LogP contribution in [0.2, 0.25) is 0 Å². The minimum Gasteiger partial charge on any atom is -0.496 e. The summed E-state index contributed by atoms with van der Waals surface area (Å²) in [6.07, 6.45) is 6.36. The Morgan fingerprint density at radius 3 is 2.92 bits per heavy atom. The molecule has 0 saturated carbocycles. The molecule has 1 saturated heterocycles. The number of piperidine rings is 1. The number of methoxy groups -OCH3 is 1. The predicted octanol–water partition coefficient (Wildman–Crippen LogP) is 3.03. The topological polar surface area (TPSA) is 63.3 Å². The van der Waals surface area contributed by atoms with Crippen LogP contribution in [-0.2, 0) is 16.8 Å². The van der Waals surface area contributed by atoms with E-state index in [0.29, 0.717) is 0 Å². The minimum atomic E-state index is -0.249. The van der Waals surface area contributed by atoms with E-state index in [0.717, 1.165) is 61.6 Å². The summed E-state index contributed by atoms with van der Waals surface area (Å²) in [5, 5.41) is 1.07. The van der Waals surface area contributed by atoms with Crippen LogP contribution >= 0.6 is 0 Å². The molecule has 134 valence electrons. The summed E-state index contributed by atoms with van der Waals surface area (Å²) in [6, 6.07) is 8.39. The number of hydrogen-bond acceptors (Lipinski definition) is 5. The fraction of sp³-hybridized carbons (Fsp3) is 0.400. The van der Waals surface area contributed by atoms with Crippen molar-refractivity contribution >= 4 is 16.9 Å². The summed E-state index contributed by atoms with van der Waals surface area (Å²) in [5.41, 5.74) is 3.25. The molecule has 1 aromatic carbocycles. The molecule has 0 bridgehead atoms. The molecule has 4 heterocycles. The van der Waals surface area contributed by atoms with Crippen LogP contribution in [0, 0.1) is 0 Å². The molecule has 0 radical (unpaired) electrons. The number of aromatic nitrogens is 3. The van der Waals surface area contributed by atoms with Gasteiger partial charge in [-0.25, -0.2) is 9.97 Å². The lowest BCUT2D eigenvalue weighted by Crippen LogP contribution is -2.47. The first kappa shape index (κ1) is 15.6. The van der Waals surface area contributed by atoms with Gasteiger partial charge in [0.1, 0.15) is 29.1 Å². The van der Waals surface area contributed by atoms with Gasteiger partial charge in [-0.1, -0.05) is 12.1 Å². The van der Waals surface area contributed by atoms with Gasteiger partial charge in [0.2, 0.25) is 0 Å². The second-order valence-electron chi connectivity index (χ2n) is 7.01. The largest absolute Gasteiger partial charge is 0.496 e. The van der Waals surface area contributed by atoms with Crippen molar-refractivity contribution in [2.45, 2.75) is 24.9 Å². The summed E-state index contributed by atoms with van der Waals surface area (Å²) in [5.74, 6) is 1.95. The number of nitrogens with zero attached hydrogens (tertiary/aromatic N) is 3. The standard InChI is InChI=1S/C20H22N4O2/c1-25-16-4-2-3-14-6-12-26-20(17(14)16)7-10-24(11-8-20)19-15-5-9-21-18(15)22-13-23-19/h2-5,9,13H,6-8,10-12H2,1H3,(H,21,22,23). The average Bonchev–Trinajstić information content (AvgIpc) is 3.17.